The Kier molecular flexibility index (Phi) is 4.08. The second-order valence-electron chi connectivity index (χ2n) is 5.53. The molecule has 0 unspecified atom stereocenters. The second kappa shape index (κ2) is 5.78. The number of carbonyl (C=O) groups excluding carboxylic acids is 1. The number of nitrogens with one attached hydrogen (secondary N) is 1. The van der Waals surface area contributed by atoms with E-state index in [0.717, 1.165) is 5.69 Å². The maximum absolute atomic E-state index is 12.3. The minimum Gasteiger partial charge on any atom is -0.487 e. The highest BCUT2D eigenvalue weighted by Gasteiger charge is 2.18. The first-order valence-corrected chi connectivity index (χ1v) is 6.60. The second-order valence-corrected chi connectivity index (χ2v) is 5.53. The zero-order chi connectivity index (χ0) is 14.6. The zero-order valence-electron chi connectivity index (χ0n) is 12.0. The Morgan fingerprint density at radius 3 is 2.20 bits per heavy atom. The standard InChI is InChI=1S/C17H19NO2/c1-17(2,3)20-15-12-8-7-11-14(15)16(19)18-13-9-5-4-6-10-13/h4-12H,1-3H3,(H,18,19). The Morgan fingerprint density at radius 2 is 1.55 bits per heavy atom. The highest BCUT2D eigenvalue weighted by molar-refractivity contribution is 6.06. The van der Waals surface area contributed by atoms with Gasteiger partial charge in [0.15, 0.2) is 0 Å². The molecule has 0 aliphatic rings. The van der Waals surface area contributed by atoms with Crippen molar-refractivity contribution in [1.29, 1.82) is 0 Å². The molecule has 1 amide bonds. The van der Waals surface area contributed by atoms with Crippen molar-refractivity contribution in [1.82, 2.24) is 0 Å². The Labute approximate surface area is 119 Å². The molecule has 0 saturated heterocycles. The van der Waals surface area contributed by atoms with Gasteiger partial charge < -0.3 is 10.1 Å². The number of benzene rings is 2. The molecule has 0 aromatic heterocycles. The third-order valence-corrected chi connectivity index (χ3v) is 2.58. The molecule has 104 valence electrons. The third-order valence-electron chi connectivity index (χ3n) is 2.58. The summed E-state index contributed by atoms with van der Waals surface area (Å²) in [6.45, 7) is 5.87. The van der Waals surface area contributed by atoms with Crippen LogP contribution in [0.3, 0.4) is 0 Å². The van der Waals surface area contributed by atoms with Gasteiger partial charge in [-0.15, -0.1) is 0 Å². The maximum Gasteiger partial charge on any atom is 0.259 e. The van der Waals surface area contributed by atoms with Gasteiger partial charge in [0, 0.05) is 5.69 Å². The average Bonchev–Trinajstić information content (AvgIpc) is 2.38. The van der Waals surface area contributed by atoms with Gasteiger partial charge in [0.1, 0.15) is 11.4 Å². The molecule has 0 heterocycles. The molecule has 3 nitrogen and oxygen atoms in total. The molecular weight excluding hydrogens is 250 g/mol. The van der Waals surface area contributed by atoms with Gasteiger partial charge in [0.2, 0.25) is 0 Å². The van der Waals surface area contributed by atoms with Crippen LogP contribution in [-0.4, -0.2) is 11.5 Å². The van der Waals surface area contributed by atoms with Crippen molar-refractivity contribution in [3.63, 3.8) is 0 Å². The van der Waals surface area contributed by atoms with Crippen LogP contribution in [0.1, 0.15) is 31.1 Å². The van der Waals surface area contributed by atoms with E-state index >= 15 is 0 Å². The van der Waals surface area contributed by atoms with Crippen molar-refractivity contribution in [3.8, 4) is 5.75 Å². The molecule has 0 saturated carbocycles. The molecule has 0 aliphatic heterocycles. The van der Waals surface area contributed by atoms with E-state index in [1.807, 2.05) is 69.3 Å². The van der Waals surface area contributed by atoms with E-state index in [0.29, 0.717) is 11.3 Å². The van der Waals surface area contributed by atoms with Crippen LogP contribution in [-0.2, 0) is 0 Å². The van der Waals surface area contributed by atoms with Crippen molar-refractivity contribution >= 4 is 11.6 Å². The molecule has 0 spiro atoms. The molecule has 0 fully saturated rings. The van der Waals surface area contributed by atoms with Crippen molar-refractivity contribution in [3.05, 3.63) is 60.2 Å². The largest absolute Gasteiger partial charge is 0.487 e. The molecule has 20 heavy (non-hydrogen) atoms. The SMILES string of the molecule is CC(C)(C)Oc1ccccc1C(=O)Nc1ccccc1. The Bertz CT molecular complexity index is 585. The minimum absolute atomic E-state index is 0.170. The minimum atomic E-state index is -0.344. The van der Waals surface area contributed by atoms with Gasteiger partial charge >= 0.3 is 0 Å². The number of hydrogen-bond donors (Lipinski definition) is 1. The van der Waals surface area contributed by atoms with Crippen molar-refractivity contribution < 1.29 is 9.53 Å². The first-order chi connectivity index (χ1) is 9.46. The summed E-state index contributed by atoms with van der Waals surface area (Å²) in [6.07, 6.45) is 0. The van der Waals surface area contributed by atoms with Crippen LogP contribution in [0.5, 0.6) is 5.75 Å². The number of hydrogen-bond acceptors (Lipinski definition) is 2. The lowest BCUT2D eigenvalue weighted by Crippen LogP contribution is -2.25. The number of anilines is 1. The molecule has 1 N–H and O–H groups in total. The summed E-state index contributed by atoms with van der Waals surface area (Å²) < 4.78 is 5.83. The first kappa shape index (κ1) is 14.1. The van der Waals surface area contributed by atoms with Gasteiger partial charge in [0.05, 0.1) is 5.56 Å². The quantitative estimate of drug-likeness (QED) is 0.910. The number of ether oxygens (including phenoxy) is 1. The average molecular weight is 269 g/mol. The van der Waals surface area contributed by atoms with Crippen LogP contribution < -0.4 is 10.1 Å². The molecule has 2 aromatic carbocycles. The lowest BCUT2D eigenvalue weighted by atomic mass is 10.1. The Hall–Kier alpha value is -2.29. The smallest absolute Gasteiger partial charge is 0.259 e. The fraction of sp³-hybridized carbons (Fsp3) is 0.235. The van der Waals surface area contributed by atoms with E-state index < -0.39 is 0 Å². The molecule has 2 aromatic rings. The van der Waals surface area contributed by atoms with Crippen LogP contribution in [0.15, 0.2) is 54.6 Å². The van der Waals surface area contributed by atoms with Gasteiger partial charge in [-0.1, -0.05) is 30.3 Å². The Morgan fingerprint density at radius 1 is 0.950 bits per heavy atom. The van der Waals surface area contributed by atoms with Crippen molar-refractivity contribution in [2.75, 3.05) is 5.32 Å². The molecule has 0 atom stereocenters. The van der Waals surface area contributed by atoms with Crippen LogP contribution in [0.25, 0.3) is 0 Å². The topological polar surface area (TPSA) is 38.3 Å². The number of amides is 1. The van der Waals surface area contributed by atoms with Crippen LogP contribution in [0.2, 0.25) is 0 Å². The molecule has 0 bridgehead atoms. The van der Waals surface area contributed by atoms with E-state index in [1.54, 1.807) is 6.07 Å². The summed E-state index contributed by atoms with van der Waals surface area (Å²) in [4.78, 5) is 12.3. The molecule has 0 aliphatic carbocycles. The Balaban J connectivity index is 2.22. The summed E-state index contributed by atoms with van der Waals surface area (Å²) in [5.74, 6) is 0.421. The first-order valence-electron chi connectivity index (χ1n) is 6.60. The van der Waals surface area contributed by atoms with E-state index in [1.165, 1.54) is 0 Å². The van der Waals surface area contributed by atoms with Crippen molar-refractivity contribution in [2.45, 2.75) is 26.4 Å². The highest BCUT2D eigenvalue weighted by atomic mass is 16.5. The molecule has 3 heteroatoms. The summed E-state index contributed by atoms with van der Waals surface area (Å²) in [7, 11) is 0. The number of rotatable bonds is 3. The number of carbonyl (C=O) groups is 1. The van der Waals surface area contributed by atoms with Crippen molar-refractivity contribution in [2.24, 2.45) is 0 Å². The monoisotopic (exact) mass is 269 g/mol. The predicted molar refractivity (Wildman–Crippen MR) is 81.2 cm³/mol. The van der Waals surface area contributed by atoms with E-state index in [4.69, 9.17) is 4.74 Å². The molecule has 2 rings (SSSR count). The van der Waals surface area contributed by atoms with E-state index in [-0.39, 0.29) is 11.5 Å². The van der Waals surface area contributed by atoms with E-state index in [2.05, 4.69) is 5.32 Å². The van der Waals surface area contributed by atoms with Gasteiger partial charge in [-0.05, 0) is 45.0 Å². The molecular formula is C17H19NO2. The predicted octanol–water partition coefficient (Wildman–Crippen LogP) is 4.12. The van der Waals surface area contributed by atoms with Gasteiger partial charge in [-0.3, -0.25) is 4.79 Å². The zero-order valence-corrected chi connectivity index (χ0v) is 12.0. The normalized spacial score (nSPS) is 10.9. The van der Waals surface area contributed by atoms with Gasteiger partial charge in [-0.25, -0.2) is 0 Å². The summed E-state index contributed by atoms with van der Waals surface area (Å²) in [5, 5.41) is 2.87. The molecule has 0 radical (unpaired) electrons. The van der Waals surface area contributed by atoms with Crippen LogP contribution in [0.4, 0.5) is 5.69 Å². The fourth-order valence-electron chi connectivity index (χ4n) is 1.79. The van der Waals surface area contributed by atoms with Gasteiger partial charge in [-0.2, -0.15) is 0 Å². The van der Waals surface area contributed by atoms with Gasteiger partial charge in [0.25, 0.3) is 5.91 Å². The fourth-order valence-corrected chi connectivity index (χ4v) is 1.79. The van der Waals surface area contributed by atoms with Crippen LogP contribution in [0, 0.1) is 0 Å². The third kappa shape index (κ3) is 3.85. The summed E-state index contributed by atoms with van der Waals surface area (Å²) >= 11 is 0. The lowest BCUT2D eigenvalue weighted by Gasteiger charge is -2.23. The lowest BCUT2D eigenvalue weighted by molar-refractivity contribution is 0.0999. The maximum atomic E-state index is 12.3. The van der Waals surface area contributed by atoms with E-state index in [9.17, 15) is 4.79 Å². The highest BCUT2D eigenvalue weighted by Crippen LogP contribution is 2.23. The number of para-hydroxylation sites is 2. The van der Waals surface area contributed by atoms with Crippen LogP contribution >= 0.6 is 0 Å². The summed E-state index contributed by atoms with van der Waals surface area (Å²) in [6, 6.07) is 16.6. The summed E-state index contributed by atoms with van der Waals surface area (Å²) in [5.41, 5.74) is 0.956.